The van der Waals surface area contributed by atoms with E-state index in [0.717, 1.165) is 39.8 Å². The minimum Gasteiger partial charge on any atom is -0.497 e. The van der Waals surface area contributed by atoms with Crippen molar-refractivity contribution in [1.29, 1.82) is 0 Å². The highest BCUT2D eigenvalue weighted by atomic mass is 35.5. The molecule has 1 aromatic heterocycles. The van der Waals surface area contributed by atoms with Crippen LogP contribution in [0.4, 0.5) is 0 Å². The highest BCUT2D eigenvalue weighted by Gasteiger charge is 2.36. The molecule has 2 atom stereocenters. The SMILES string of the molecule is COc1ccc([C@@H]2Sc3c(Cl)cccc3-n3c(CN(C)C)ccc3[C@@H]2OC(C)=O)cc1. The van der Waals surface area contributed by atoms with Crippen LogP contribution in [0.1, 0.15) is 35.2 Å². The van der Waals surface area contributed by atoms with Crippen molar-refractivity contribution in [3.63, 3.8) is 0 Å². The number of methoxy groups -OCH3 is 1. The first kappa shape index (κ1) is 21.8. The Morgan fingerprint density at radius 1 is 1.13 bits per heavy atom. The van der Waals surface area contributed by atoms with Crippen LogP contribution in [0.25, 0.3) is 5.69 Å². The lowest BCUT2D eigenvalue weighted by atomic mass is 10.0. The molecule has 1 aliphatic heterocycles. The molecule has 0 N–H and O–H groups in total. The number of carbonyl (C=O) groups excluding carboxylic acids is 1. The average Bonchev–Trinajstić information content (AvgIpc) is 3.07. The summed E-state index contributed by atoms with van der Waals surface area (Å²) in [6.07, 6.45) is -0.477. The third-order valence-corrected chi connectivity index (χ3v) is 7.07. The molecule has 2 aromatic carbocycles. The zero-order valence-electron chi connectivity index (χ0n) is 18.0. The lowest BCUT2D eigenvalue weighted by Gasteiger charge is -2.25. The summed E-state index contributed by atoms with van der Waals surface area (Å²) >= 11 is 8.31. The van der Waals surface area contributed by atoms with Crippen molar-refractivity contribution in [2.24, 2.45) is 0 Å². The Labute approximate surface area is 191 Å². The van der Waals surface area contributed by atoms with E-state index in [1.165, 1.54) is 6.92 Å². The van der Waals surface area contributed by atoms with Crippen molar-refractivity contribution < 1.29 is 14.3 Å². The van der Waals surface area contributed by atoms with Gasteiger partial charge in [-0.05, 0) is 56.1 Å². The van der Waals surface area contributed by atoms with Crippen molar-refractivity contribution >= 4 is 29.3 Å². The van der Waals surface area contributed by atoms with E-state index in [1.54, 1.807) is 18.9 Å². The molecule has 0 bridgehead atoms. The highest BCUT2D eigenvalue weighted by Crippen LogP contribution is 2.53. The van der Waals surface area contributed by atoms with Gasteiger partial charge in [-0.15, -0.1) is 11.8 Å². The molecule has 3 aromatic rings. The fraction of sp³-hybridized carbons (Fsp3) is 0.292. The van der Waals surface area contributed by atoms with Crippen molar-refractivity contribution in [2.45, 2.75) is 29.7 Å². The lowest BCUT2D eigenvalue weighted by Crippen LogP contribution is -2.19. The predicted molar refractivity (Wildman–Crippen MR) is 124 cm³/mol. The van der Waals surface area contributed by atoms with Gasteiger partial charge in [0.2, 0.25) is 0 Å². The number of hydrogen-bond donors (Lipinski definition) is 0. The Morgan fingerprint density at radius 3 is 2.52 bits per heavy atom. The Balaban J connectivity index is 1.94. The van der Waals surface area contributed by atoms with E-state index in [1.807, 2.05) is 50.5 Å². The van der Waals surface area contributed by atoms with E-state index in [0.29, 0.717) is 5.02 Å². The second kappa shape index (κ2) is 8.99. The molecule has 0 spiro atoms. The standard InChI is InChI=1S/C24H25ClN2O3S/c1-15(28)30-22-20-13-10-17(14-26(2)3)27(20)21-7-5-6-19(25)24(21)31-23(22)16-8-11-18(29-4)12-9-16/h5-13,22-23H,14H2,1-4H3/t22-,23-/m0/s1. The molecule has 1 aliphatic rings. The number of benzene rings is 2. The molecule has 0 unspecified atom stereocenters. The molecule has 7 heteroatoms. The van der Waals surface area contributed by atoms with Gasteiger partial charge in [-0.25, -0.2) is 0 Å². The molecule has 5 nitrogen and oxygen atoms in total. The maximum Gasteiger partial charge on any atom is 0.303 e. The van der Waals surface area contributed by atoms with Crippen LogP contribution in [-0.2, 0) is 16.1 Å². The van der Waals surface area contributed by atoms with E-state index in [-0.39, 0.29) is 11.2 Å². The summed E-state index contributed by atoms with van der Waals surface area (Å²) in [5, 5.41) is 0.511. The van der Waals surface area contributed by atoms with Crippen LogP contribution >= 0.6 is 23.4 Å². The van der Waals surface area contributed by atoms with Crippen molar-refractivity contribution in [3.05, 3.63) is 76.6 Å². The van der Waals surface area contributed by atoms with Crippen LogP contribution in [-0.4, -0.2) is 36.6 Å². The number of ether oxygens (including phenoxy) is 2. The van der Waals surface area contributed by atoms with Gasteiger partial charge in [-0.1, -0.05) is 29.8 Å². The summed E-state index contributed by atoms with van der Waals surface area (Å²) in [5.41, 5.74) is 4.08. The van der Waals surface area contributed by atoms with Gasteiger partial charge in [-0.3, -0.25) is 4.79 Å². The van der Waals surface area contributed by atoms with E-state index in [2.05, 4.69) is 27.7 Å². The van der Waals surface area contributed by atoms with Gasteiger partial charge >= 0.3 is 5.97 Å². The van der Waals surface area contributed by atoms with Crippen molar-refractivity contribution in [1.82, 2.24) is 9.47 Å². The second-order valence-corrected chi connectivity index (χ2v) is 9.31. The summed E-state index contributed by atoms with van der Waals surface area (Å²) in [6.45, 7) is 2.20. The van der Waals surface area contributed by atoms with Crippen LogP contribution in [0.2, 0.25) is 5.02 Å². The van der Waals surface area contributed by atoms with E-state index >= 15 is 0 Å². The first-order valence-corrected chi connectivity index (χ1v) is 11.3. The van der Waals surface area contributed by atoms with Crippen LogP contribution in [0, 0.1) is 0 Å². The molecule has 2 heterocycles. The summed E-state index contributed by atoms with van der Waals surface area (Å²) < 4.78 is 13.5. The number of esters is 1. The molecular weight excluding hydrogens is 432 g/mol. The Morgan fingerprint density at radius 2 is 1.87 bits per heavy atom. The Bertz CT molecular complexity index is 1090. The van der Waals surface area contributed by atoms with Gasteiger partial charge in [0, 0.05) is 19.2 Å². The number of aromatic nitrogens is 1. The zero-order chi connectivity index (χ0) is 22.1. The maximum absolute atomic E-state index is 12.1. The molecule has 31 heavy (non-hydrogen) atoms. The first-order valence-electron chi connectivity index (χ1n) is 10.0. The zero-order valence-corrected chi connectivity index (χ0v) is 19.5. The van der Waals surface area contributed by atoms with Gasteiger partial charge in [0.1, 0.15) is 5.75 Å². The minimum absolute atomic E-state index is 0.170. The lowest BCUT2D eigenvalue weighted by molar-refractivity contribution is -0.147. The normalized spacial score (nSPS) is 17.6. The average molecular weight is 457 g/mol. The molecule has 162 valence electrons. The van der Waals surface area contributed by atoms with Gasteiger partial charge < -0.3 is 18.9 Å². The van der Waals surface area contributed by atoms with Crippen molar-refractivity contribution in [2.75, 3.05) is 21.2 Å². The second-order valence-electron chi connectivity index (χ2n) is 7.75. The Kier molecular flexibility index (Phi) is 6.32. The minimum atomic E-state index is -0.477. The molecule has 0 saturated heterocycles. The van der Waals surface area contributed by atoms with E-state index < -0.39 is 6.10 Å². The summed E-state index contributed by atoms with van der Waals surface area (Å²) in [5.74, 6) is 0.463. The number of rotatable bonds is 5. The third-order valence-electron chi connectivity index (χ3n) is 5.21. The fourth-order valence-corrected chi connectivity index (χ4v) is 5.56. The first-order chi connectivity index (χ1) is 14.9. The molecule has 0 radical (unpaired) electrons. The highest BCUT2D eigenvalue weighted by molar-refractivity contribution is 7.99. The molecule has 0 fully saturated rings. The van der Waals surface area contributed by atoms with Crippen LogP contribution in [0.5, 0.6) is 5.75 Å². The maximum atomic E-state index is 12.1. The summed E-state index contributed by atoms with van der Waals surface area (Å²) in [4.78, 5) is 15.2. The summed E-state index contributed by atoms with van der Waals surface area (Å²) in [7, 11) is 5.72. The Hall–Kier alpha value is -2.41. The number of carbonyl (C=O) groups is 1. The van der Waals surface area contributed by atoms with Crippen LogP contribution in [0.3, 0.4) is 0 Å². The van der Waals surface area contributed by atoms with Gasteiger partial charge in [-0.2, -0.15) is 0 Å². The molecule has 0 saturated carbocycles. The number of hydrogen-bond acceptors (Lipinski definition) is 5. The number of thioether (sulfide) groups is 1. The topological polar surface area (TPSA) is 43.7 Å². The van der Waals surface area contributed by atoms with Gasteiger partial charge in [0.05, 0.1) is 33.7 Å². The predicted octanol–water partition coefficient (Wildman–Crippen LogP) is 5.65. The van der Waals surface area contributed by atoms with Crippen LogP contribution in [0.15, 0.2) is 59.5 Å². The fourth-order valence-electron chi connectivity index (χ4n) is 3.93. The quantitative estimate of drug-likeness (QED) is 0.464. The number of nitrogens with zero attached hydrogens (tertiary/aromatic N) is 2. The molecular formula is C24H25ClN2O3S. The molecule has 0 aliphatic carbocycles. The van der Waals surface area contributed by atoms with Crippen molar-refractivity contribution in [3.8, 4) is 11.4 Å². The van der Waals surface area contributed by atoms with Gasteiger partial charge in [0.25, 0.3) is 0 Å². The number of fused-ring (bicyclic) bond motifs is 3. The largest absolute Gasteiger partial charge is 0.497 e. The van der Waals surface area contributed by atoms with E-state index in [4.69, 9.17) is 21.1 Å². The number of halogens is 1. The summed E-state index contributed by atoms with van der Waals surface area (Å²) in [6, 6.07) is 18.0. The molecule has 0 amide bonds. The van der Waals surface area contributed by atoms with Gasteiger partial charge in [0.15, 0.2) is 6.10 Å². The monoisotopic (exact) mass is 456 g/mol. The smallest absolute Gasteiger partial charge is 0.303 e. The van der Waals surface area contributed by atoms with Crippen LogP contribution < -0.4 is 4.74 Å². The third kappa shape index (κ3) is 4.33. The van der Waals surface area contributed by atoms with E-state index in [9.17, 15) is 4.79 Å². The molecule has 4 rings (SSSR count).